The van der Waals surface area contributed by atoms with Crippen molar-refractivity contribution in [2.45, 2.75) is 29.3 Å². The molecule has 1 aliphatic carbocycles. The van der Waals surface area contributed by atoms with Crippen LogP contribution in [0.3, 0.4) is 0 Å². The second-order valence-electron chi connectivity index (χ2n) is 2.98. The van der Waals surface area contributed by atoms with Crippen molar-refractivity contribution in [2.75, 3.05) is 0 Å². The van der Waals surface area contributed by atoms with E-state index in [0.717, 1.165) is 18.6 Å². The maximum atomic E-state index is 5.95. The van der Waals surface area contributed by atoms with Gasteiger partial charge in [-0.2, -0.15) is 0 Å². The van der Waals surface area contributed by atoms with Crippen LogP contribution in [0.2, 0.25) is 0 Å². The zero-order chi connectivity index (χ0) is 8.55. The van der Waals surface area contributed by atoms with Gasteiger partial charge in [0.15, 0.2) is 0 Å². The lowest BCUT2D eigenvalue weighted by atomic mass is 10.3. The van der Waals surface area contributed by atoms with Gasteiger partial charge in [-0.1, -0.05) is 15.9 Å². The summed E-state index contributed by atoms with van der Waals surface area (Å²) in [5, 5.41) is -0.0938. The highest BCUT2D eigenvalue weighted by atomic mass is 79.9. The molecule has 2 atom stereocenters. The van der Waals surface area contributed by atoms with Crippen LogP contribution in [0.5, 0.6) is 0 Å². The Balaban J connectivity index is 1.97. The van der Waals surface area contributed by atoms with E-state index in [1.807, 2.05) is 6.08 Å². The Labute approximate surface area is 84.8 Å². The maximum absolute atomic E-state index is 5.95. The van der Waals surface area contributed by atoms with Crippen molar-refractivity contribution in [3.05, 3.63) is 11.8 Å². The van der Waals surface area contributed by atoms with Crippen molar-refractivity contribution in [3.63, 3.8) is 0 Å². The normalized spacial score (nSPS) is 34.7. The molecular formula is C8H9BrClNO. The van der Waals surface area contributed by atoms with Crippen LogP contribution in [-0.2, 0) is 4.74 Å². The number of nitrogens with zero attached hydrogens (tertiary/aromatic N) is 1. The Morgan fingerprint density at radius 2 is 2.33 bits per heavy atom. The van der Waals surface area contributed by atoms with Gasteiger partial charge >= 0.3 is 0 Å². The van der Waals surface area contributed by atoms with Crippen molar-refractivity contribution in [1.82, 2.24) is 0 Å². The molecule has 0 radical (unpaired) electrons. The summed E-state index contributed by atoms with van der Waals surface area (Å²) in [6.07, 6.45) is 6.37. The van der Waals surface area contributed by atoms with Crippen LogP contribution < -0.4 is 0 Å². The average Bonchev–Trinajstić information content (AvgIpc) is 2.81. The van der Waals surface area contributed by atoms with Gasteiger partial charge < -0.3 is 4.74 Å². The Hall–Kier alpha value is -0.0200. The second-order valence-corrected chi connectivity index (χ2v) is 4.42. The molecule has 66 valence electrons. The van der Waals surface area contributed by atoms with E-state index in [1.54, 1.807) is 6.21 Å². The summed E-state index contributed by atoms with van der Waals surface area (Å²) < 4.78 is 5.53. The standard InChI is InChI=1S/C8H9BrClNO/c9-8-7(10)3-6(4-11-8)12-5-1-2-5/h3-5,7-8H,1-2H2. The van der Waals surface area contributed by atoms with E-state index in [-0.39, 0.29) is 10.3 Å². The van der Waals surface area contributed by atoms with E-state index in [0.29, 0.717) is 6.10 Å². The molecule has 12 heavy (non-hydrogen) atoms. The zero-order valence-corrected chi connectivity index (χ0v) is 8.75. The summed E-state index contributed by atoms with van der Waals surface area (Å²) in [5.74, 6) is 0.813. The number of halogens is 2. The van der Waals surface area contributed by atoms with Crippen molar-refractivity contribution < 1.29 is 4.74 Å². The lowest BCUT2D eigenvalue weighted by Crippen LogP contribution is -2.16. The highest BCUT2D eigenvalue weighted by Gasteiger charge is 2.26. The lowest BCUT2D eigenvalue weighted by Gasteiger charge is -2.15. The fourth-order valence-electron chi connectivity index (χ4n) is 0.954. The molecule has 0 aromatic carbocycles. The van der Waals surface area contributed by atoms with E-state index in [1.165, 1.54) is 0 Å². The van der Waals surface area contributed by atoms with Gasteiger partial charge in [0.1, 0.15) is 10.7 Å². The number of hydrogen-bond donors (Lipinski definition) is 0. The molecule has 1 aliphatic heterocycles. The predicted molar refractivity (Wildman–Crippen MR) is 53.0 cm³/mol. The summed E-state index contributed by atoms with van der Waals surface area (Å²) in [7, 11) is 0. The van der Waals surface area contributed by atoms with Crippen molar-refractivity contribution in [3.8, 4) is 0 Å². The zero-order valence-electron chi connectivity index (χ0n) is 6.41. The first-order valence-corrected chi connectivity index (χ1v) is 5.31. The van der Waals surface area contributed by atoms with E-state index >= 15 is 0 Å². The summed E-state index contributed by atoms with van der Waals surface area (Å²) in [5.41, 5.74) is 0. The number of alkyl halides is 2. The summed E-state index contributed by atoms with van der Waals surface area (Å²) >= 11 is 9.28. The molecule has 0 saturated heterocycles. The topological polar surface area (TPSA) is 21.6 Å². The van der Waals surface area contributed by atoms with Gasteiger partial charge in [0, 0.05) is 0 Å². The first-order chi connectivity index (χ1) is 5.75. The molecule has 2 unspecified atom stereocenters. The van der Waals surface area contributed by atoms with Crippen LogP contribution in [0.25, 0.3) is 0 Å². The lowest BCUT2D eigenvalue weighted by molar-refractivity contribution is 0.215. The molecule has 1 fully saturated rings. The van der Waals surface area contributed by atoms with Gasteiger partial charge in [-0.3, -0.25) is 4.99 Å². The van der Waals surface area contributed by atoms with Crippen LogP contribution in [0.4, 0.5) is 0 Å². The maximum Gasteiger partial charge on any atom is 0.135 e. The van der Waals surface area contributed by atoms with Gasteiger partial charge in [-0.15, -0.1) is 11.6 Å². The van der Waals surface area contributed by atoms with Crippen LogP contribution in [0, 0.1) is 0 Å². The highest BCUT2D eigenvalue weighted by molar-refractivity contribution is 9.09. The highest BCUT2D eigenvalue weighted by Crippen LogP contribution is 2.28. The molecular weight excluding hydrogens is 241 g/mol. The molecule has 2 rings (SSSR count). The first-order valence-electron chi connectivity index (χ1n) is 3.95. The molecule has 1 heterocycles. The number of allylic oxidation sites excluding steroid dienone is 1. The van der Waals surface area contributed by atoms with E-state index in [9.17, 15) is 0 Å². The minimum absolute atomic E-state index is 0.00859. The summed E-state index contributed by atoms with van der Waals surface area (Å²) in [6.45, 7) is 0. The SMILES string of the molecule is ClC1C=C(OC2CC2)C=NC1Br. The van der Waals surface area contributed by atoms with Crippen molar-refractivity contribution in [1.29, 1.82) is 0 Å². The van der Waals surface area contributed by atoms with Gasteiger partial charge in [-0.05, 0) is 18.9 Å². The number of hydrogen-bond acceptors (Lipinski definition) is 2. The molecule has 0 aromatic heterocycles. The molecule has 0 bridgehead atoms. The van der Waals surface area contributed by atoms with Gasteiger partial charge in [0.05, 0.1) is 17.7 Å². The monoisotopic (exact) mass is 249 g/mol. The van der Waals surface area contributed by atoms with Gasteiger partial charge in [0.2, 0.25) is 0 Å². The van der Waals surface area contributed by atoms with Crippen LogP contribution >= 0.6 is 27.5 Å². The van der Waals surface area contributed by atoms with Gasteiger partial charge in [-0.25, -0.2) is 0 Å². The smallest absolute Gasteiger partial charge is 0.135 e. The fraction of sp³-hybridized carbons (Fsp3) is 0.625. The first kappa shape index (κ1) is 8.57. The number of rotatable bonds is 2. The minimum atomic E-state index is -0.0938. The van der Waals surface area contributed by atoms with E-state index in [4.69, 9.17) is 16.3 Å². The third-order valence-electron chi connectivity index (χ3n) is 1.76. The minimum Gasteiger partial charge on any atom is -0.489 e. The van der Waals surface area contributed by atoms with Crippen molar-refractivity contribution in [2.24, 2.45) is 4.99 Å². The predicted octanol–water partition coefficient (Wildman–Crippen LogP) is 2.46. The van der Waals surface area contributed by atoms with Crippen molar-refractivity contribution >= 4 is 33.7 Å². The number of dihydropyridines is 1. The molecule has 0 N–H and O–H groups in total. The van der Waals surface area contributed by atoms with Crippen LogP contribution in [0.1, 0.15) is 12.8 Å². The quantitative estimate of drug-likeness (QED) is 0.545. The Kier molecular flexibility index (Phi) is 2.42. The molecule has 0 spiro atoms. The largest absolute Gasteiger partial charge is 0.489 e. The molecule has 2 nitrogen and oxygen atoms in total. The third-order valence-corrected chi connectivity index (χ3v) is 3.23. The average molecular weight is 251 g/mol. The van der Waals surface area contributed by atoms with E-state index in [2.05, 4.69) is 20.9 Å². The number of ether oxygens (including phenoxy) is 1. The summed E-state index contributed by atoms with van der Waals surface area (Å²) in [6, 6.07) is 0. The second kappa shape index (κ2) is 3.38. The third kappa shape index (κ3) is 2.02. The molecule has 0 aromatic rings. The summed E-state index contributed by atoms with van der Waals surface area (Å²) in [4.78, 5) is 4.13. The molecule has 0 amide bonds. The Morgan fingerprint density at radius 1 is 1.58 bits per heavy atom. The van der Waals surface area contributed by atoms with E-state index < -0.39 is 0 Å². The molecule has 1 saturated carbocycles. The molecule has 4 heteroatoms. The van der Waals surface area contributed by atoms with Gasteiger partial charge in [0.25, 0.3) is 0 Å². The fourth-order valence-corrected chi connectivity index (χ4v) is 1.41. The Bertz CT molecular complexity index is 237. The molecule has 2 aliphatic rings. The van der Waals surface area contributed by atoms with Crippen LogP contribution in [-0.4, -0.2) is 22.6 Å². The Morgan fingerprint density at radius 3 is 2.92 bits per heavy atom. The van der Waals surface area contributed by atoms with Crippen LogP contribution in [0.15, 0.2) is 16.8 Å². The number of aliphatic imine (C=N–C) groups is 1.